The first-order valence-electron chi connectivity index (χ1n) is 6.05. The van der Waals surface area contributed by atoms with Gasteiger partial charge in [0.15, 0.2) is 0 Å². The summed E-state index contributed by atoms with van der Waals surface area (Å²) in [6.45, 7) is 6.91. The lowest BCUT2D eigenvalue weighted by Crippen LogP contribution is -2.23. The Kier molecular flexibility index (Phi) is 3.32. The van der Waals surface area contributed by atoms with Crippen LogP contribution >= 0.6 is 0 Å². The predicted molar refractivity (Wildman–Crippen MR) is 69.6 cm³/mol. The van der Waals surface area contributed by atoms with Gasteiger partial charge in [0.05, 0.1) is 6.54 Å². The Morgan fingerprint density at radius 2 is 2.00 bits per heavy atom. The minimum absolute atomic E-state index is 0.194. The molecule has 18 heavy (non-hydrogen) atoms. The number of hydrogen-bond donors (Lipinski definition) is 0. The third kappa shape index (κ3) is 2.34. The smallest absolute Gasteiger partial charge is 0.244 e. The molecule has 0 saturated carbocycles. The number of benzene rings is 1. The van der Waals surface area contributed by atoms with Gasteiger partial charge in [0.25, 0.3) is 0 Å². The maximum atomic E-state index is 11.6. The average Bonchev–Trinajstić information content (AvgIpc) is 2.61. The fourth-order valence-corrected chi connectivity index (χ4v) is 2.11. The summed E-state index contributed by atoms with van der Waals surface area (Å²) in [7, 11) is 1.60. The highest BCUT2D eigenvalue weighted by Crippen LogP contribution is 2.20. The van der Waals surface area contributed by atoms with Crippen molar-refractivity contribution in [3.63, 3.8) is 0 Å². The van der Waals surface area contributed by atoms with Gasteiger partial charge in [0.1, 0.15) is 0 Å². The quantitative estimate of drug-likeness (QED) is 0.823. The first-order chi connectivity index (χ1) is 8.49. The first-order valence-corrected chi connectivity index (χ1v) is 6.05. The van der Waals surface area contributed by atoms with Crippen LogP contribution in [-0.2, 0) is 13.6 Å². The monoisotopic (exact) mass is 246 g/mol. The molecule has 0 N–H and O–H groups in total. The van der Waals surface area contributed by atoms with Crippen LogP contribution in [-0.4, -0.2) is 19.8 Å². The summed E-state index contributed by atoms with van der Waals surface area (Å²) >= 11 is 0. The van der Waals surface area contributed by atoms with E-state index < -0.39 is 0 Å². The summed E-state index contributed by atoms with van der Waals surface area (Å²) in [4.78, 5) is 11.6. The number of aryl methyl sites for hydroxylation is 2. The molecule has 0 saturated heterocycles. The molecule has 0 spiro atoms. The highest BCUT2D eigenvalue weighted by molar-refractivity contribution is 5.33. The normalized spacial score (nSPS) is 11.2. The molecule has 0 unspecified atom stereocenters. The van der Waals surface area contributed by atoms with Crippen LogP contribution in [0.4, 0.5) is 0 Å². The molecule has 96 valence electrons. The van der Waals surface area contributed by atoms with Crippen molar-refractivity contribution in [3.05, 3.63) is 45.4 Å². The van der Waals surface area contributed by atoms with Gasteiger partial charge in [-0.05, 0) is 40.0 Å². The molecule has 0 aliphatic rings. The van der Waals surface area contributed by atoms with Crippen LogP contribution in [0.2, 0.25) is 0 Å². The van der Waals surface area contributed by atoms with Crippen molar-refractivity contribution in [3.8, 4) is 0 Å². The number of aromatic nitrogens is 4. The van der Waals surface area contributed by atoms with Crippen molar-refractivity contribution in [2.75, 3.05) is 0 Å². The van der Waals surface area contributed by atoms with Crippen molar-refractivity contribution in [1.29, 1.82) is 0 Å². The fourth-order valence-electron chi connectivity index (χ4n) is 2.11. The van der Waals surface area contributed by atoms with Crippen molar-refractivity contribution in [2.45, 2.75) is 33.2 Å². The van der Waals surface area contributed by atoms with Crippen molar-refractivity contribution in [1.82, 2.24) is 19.8 Å². The zero-order valence-electron chi connectivity index (χ0n) is 11.2. The highest BCUT2D eigenvalue weighted by Gasteiger charge is 2.07. The van der Waals surface area contributed by atoms with Gasteiger partial charge < -0.3 is 0 Å². The molecule has 0 aliphatic heterocycles. The third-order valence-electron chi connectivity index (χ3n) is 3.07. The second-order valence-electron chi connectivity index (χ2n) is 4.89. The molecule has 5 nitrogen and oxygen atoms in total. The van der Waals surface area contributed by atoms with Crippen LogP contribution in [0, 0.1) is 6.92 Å². The molecule has 5 heteroatoms. The van der Waals surface area contributed by atoms with E-state index in [-0.39, 0.29) is 5.69 Å². The minimum Gasteiger partial charge on any atom is -0.244 e. The van der Waals surface area contributed by atoms with Crippen molar-refractivity contribution < 1.29 is 0 Å². The van der Waals surface area contributed by atoms with Crippen molar-refractivity contribution >= 4 is 0 Å². The van der Waals surface area contributed by atoms with Gasteiger partial charge in [-0.2, -0.15) is 9.36 Å². The van der Waals surface area contributed by atoms with E-state index in [0.717, 1.165) is 5.56 Å². The summed E-state index contributed by atoms with van der Waals surface area (Å²) in [5, 5.41) is 7.51. The molecular formula is C13H18N4O. The van der Waals surface area contributed by atoms with Gasteiger partial charge in [-0.1, -0.05) is 32.0 Å². The molecule has 0 aliphatic carbocycles. The van der Waals surface area contributed by atoms with Gasteiger partial charge in [-0.3, -0.25) is 0 Å². The lowest BCUT2D eigenvalue weighted by atomic mass is 9.96. The Hall–Kier alpha value is -1.91. The first kappa shape index (κ1) is 12.5. The Bertz CT molecular complexity index is 610. The number of nitrogens with zero attached hydrogens (tertiary/aromatic N) is 4. The molecule has 0 atom stereocenters. The van der Waals surface area contributed by atoms with Gasteiger partial charge in [0, 0.05) is 7.05 Å². The zero-order chi connectivity index (χ0) is 13.3. The molecular weight excluding hydrogens is 228 g/mol. The largest absolute Gasteiger partial charge is 0.363 e. The van der Waals surface area contributed by atoms with Crippen LogP contribution in [0.15, 0.2) is 23.0 Å². The van der Waals surface area contributed by atoms with Crippen molar-refractivity contribution in [2.24, 2.45) is 7.05 Å². The van der Waals surface area contributed by atoms with Gasteiger partial charge in [-0.15, -0.1) is 0 Å². The van der Waals surface area contributed by atoms with E-state index in [1.807, 2.05) is 6.07 Å². The van der Waals surface area contributed by atoms with Gasteiger partial charge >= 0.3 is 5.69 Å². The fraction of sp³-hybridized carbons (Fsp3) is 0.462. The van der Waals surface area contributed by atoms with Crippen LogP contribution < -0.4 is 5.69 Å². The molecule has 1 heterocycles. The number of tetrazole rings is 1. The van der Waals surface area contributed by atoms with Crippen LogP contribution in [0.1, 0.15) is 36.5 Å². The molecule has 0 bridgehead atoms. The minimum atomic E-state index is -0.194. The Morgan fingerprint density at radius 1 is 1.28 bits per heavy atom. The average molecular weight is 246 g/mol. The SMILES string of the molecule is Cc1cc(Cn2nnn(C)c2=O)ccc1C(C)C. The van der Waals surface area contributed by atoms with E-state index in [9.17, 15) is 4.79 Å². The Morgan fingerprint density at radius 3 is 2.50 bits per heavy atom. The number of hydrogen-bond acceptors (Lipinski definition) is 3. The molecule has 1 aromatic heterocycles. The second-order valence-corrected chi connectivity index (χ2v) is 4.89. The molecule has 0 fully saturated rings. The predicted octanol–water partition coefficient (Wildman–Crippen LogP) is 1.46. The summed E-state index contributed by atoms with van der Waals surface area (Å²) in [5.41, 5.74) is 3.46. The second kappa shape index (κ2) is 4.76. The highest BCUT2D eigenvalue weighted by atomic mass is 16.2. The van der Waals surface area contributed by atoms with Crippen LogP contribution in [0.25, 0.3) is 0 Å². The van der Waals surface area contributed by atoms with Crippen LogP contribution in [0.3, 0.4) is 0 Å². The number of rotatable bonds is 3. The molecule has 1 aromatic carbocycles. The van der Waals surface area contributed by atoms with Gasteiger partial charge in [0.2, 0.25) is 0 Å². The van der Waals surface area contributed by atoms with E-state index in [0.29, 0.717) is 12.5 Å². The molecule has 2 aromatic rings. The zero-order valence-corrected chi connectivity index (χ0v) is 11.2. The Labute approximate surface area is 106 Å². The maximum absolute atomic E-state index is 11.6. The maximum Gasteiger partial charge on any atom is 0.363 e. The van der Waals surface area contributed by atoms with Gasteiger partial charge in [-0.25, -0.2) is 4.79 Å². The van der Waals surface area contributed by atoms with E-state index in [1.54, 1.807) is 7.05 Å². The topological polar surface area (TPSA) is 52.7 Å². The van der Waals surface area contributed by atoms with E-state index in [4.69, 9.17) is 0 Å². The lowest BCUT2D eigenvalue weighted by Gasteiger charge is -2.11. The summed E-state index contributed by atoms with van der Waals surface area (Å²) in [6.07, 6.45) is 0. The Balaban J connectivity index is 2.28. The summed E-state index contributed by atoms with van der Waals surface area (Å²) < 4.78 is 2.60. The third-order valence-corrected chi connectivity index (χ3v) is 3.07. The summed E-state index contributed by atoms with van der Waals surface area (Å²) in [5.74, 6) is 0.512. The molecule has 0 amide bonds. The lowest BCUT2D eigenvalue weighted by molar-refractivity contribution is 0.631. The van der Waals surface area contributed by atoms with E-state index >= 15 is 0 Å². The van der Waals surface area contributed by atoms with E-state index in [1.165, 1.54) is 20.5 Å². The molecule has 0 radical (unpaired) electrons. The molecule has 2 rings (SSSR count). The summed E-state index contributed by atoms with van der Waals surface area (Å²) in [6, 6.07) is 6.27. The van der Waals surface area contributed by atoms with E-state index in [2.05, 4.69) is 43.3 Å². The van der Waals surface area contributed by atoms with Crippen LogP contribution in [0.5, 0.6) is 0 Å². The standard InChI is InChI=1S/C13H18N4O/c1-9(2)12-6-5-11(7-10(12)3)8-17-13(18)16(4)14-15-17/h5-7,9H,8H2,1-4H3.